The third kappa shape index (κ3) is 3.22. The molecule has 0 aliphatic carbocycles. The summed E-state index contributed by atoms with van der Waals surface area (Å²) in [5.74, 6) is -0.472. The lowest BCUT2D eigenvalue weighted by molar-refractivity contribution is -0.121. The highest BCUT2D eigenvalue weighted by atomic mass is 35.5. The number of amides is 2. The Morgan fingerprint density at radius 3 is 2.70 bits per heavy atom. The minimum absolute atomic E-state index is 0.141. The van der Waals surface area contributed by atoms with Gasteiger partial charge >= 0.3 is 0 Å². The standard InChI is InChI=1S/C18H17ClN2O2/c1-2-12-5-3-7-14(9-12)20-16-11-17(22)21(18(16)23)15-8-4-6-13(19)10-15/h3-10,16,20H,2,11H2,1H3/t16-/m0/s1. The second kappa shape index (κ2) is 6.42. The van der Waals surface area contributed by atoms with Crippen molar-refractivity contribution in [2.24, 2.45) is 0 Å². The van der Waals surface area contributed by atoms with Gasteiger partial charge in [-0.25, -0.2) is 4.90 Å². The van der Waals surface area contributed by atoms with E-state index in [2.05, 4.69) is 12.2 Å². The molecule has 2 amide bonds. The maximum absolute atomic E-state index is 12.6. The number of rotatable bonds is 4. The van der Waals surface area contributed by atoms with Crippen molar-refractivity contribution >= 4 is 34.8 Å². The molecule has 1 fully saturated rings. The highest BCUT2D eigenvalue weighted by Gasteiger charge is 2.39. The van der Waals surface area contributed by atoms with Gasteiger partial charge in [0.15, 0.2) is 0 Å². The molecule has 1 aliphatic rings. The molecule has 2 aromatic rings. The van der Waals surface area contributed by atoms with Gasteiger partial charge in [-0.15, -0.1) is 0 Å². The van der Waals surface area contributed by atoms with Gasteiger partial charge < -0.3 is 5.32 Å². The Labute approximate surface area is 140 Å². The second-order valence-electron chi connectivity index (χ2n) is 5.50. The van der Waals surface area contributed by atoms with Gasteiger partial charge in [-0.1, -0.05) is 36.7 Å². The molecule has 1 heterocycles. The molecule has 0 bridgehead atoms. The molecule has 0 unspecified atom stereocenters. The van der Waals surface area contributed by atoms with E-state index < -0.39 is 6.04 Å². The Morgan fingerprint density at radius 1 is 1.17 bits per heavy atom. The molecular formula is C18H17ClN2O2. The Bertz CT molecular complexity index is 760. The van der Waals surface area contributed by atoms with Crippen molar-refractivity contribution in [1.29, 1.82) is 0 Å². The van der Waals surface area contributed by atoms with E-state index >= 15 is 0 Å². The molecule has 0 radical (unpaired) electrons. The van der Waals surface area contributed by atoms with Crippen molar-refractivity contribution in [3.05, 3.63) is 59.1 Å². The smallest absolute Gasteiger partial charge is 0.256 e. The summed E-state index contributed by atoms with van der Waals surface area (Å²) in [6, 6.07) is 14.1. The molecule has 1 aliphatic heterocycles. The van der Waals surface area contributed by atoms with Crippen LogP contribution in [-0.4, -0.2) is 17.9 Å². The number of carbonyl (C=O) groups is 2. The fourth-order valence-corrected chi connectivity index (χ4v) is 2.90. The number of nitrogens with zero attached hydrogens (tertiary/aromatic N) is 1. The second-order valence-corrected chi connectivity index (χ2v) is 5.94. The maximum atomic E-state index is 12.6. The van der Waals surface area contributed by atoms with Gasteiger partial charge in [-0.3, -0.25) is 9.59 Å². The van der Waals surface area contributed by atoms with Gasteiger partial charge in [0, 0.05) is 10.7 Å². The molecule has 118 valence electrons. The molecule has 5 heteroatoms. The van der Waals surface area contributed by atoms with Crippen LogP contribution < -0.4 is 10.2 Å². The Morgan fingerprint density at radius 2 is 1.96 bits per heavy atom. The number of benzene rings is 2. The molecule has 1 N–H and O–H groups in total. The van der Waals surface area contributed by atoms with Crippen LogP contribution in [0.2, 0.25) is 5.02 Å². The van der Waals surface area contributed by atoms with Gasteiger partial charge in [-0.05, 0) is 42.3 Å². The SMILES string of the molecule is CCc1cccc(N[C@H]2CC(=O)N(c3cccc(Cl)c3)C2=O)c1. The minimum Gasteiger partial charge on any atom is -0.373 e. The molecule has 1 saturated heterocycles. The van der Waals surface area contributed by atoms with Crippen LogP contribution in [0.25, 0.3) is 0 Å². The lowest BCUT2D eigenvalue weighted by Gasteiger charge is -2.16. The van der Waals surface area contributed by atoms with Crippen LogP contribution in [0.15, 0.2) is 48.5 Å². The Hall–Kier alpha value is -2.33. The maximum Gasteiger partial charge on any atom is 0.256 e. The van der Waals surface area contributed by atoms with E-state index in [1.54, 1.807) is 24.3 Å². The van der Waals surface area contributed by atoms with Crippen LogP contribution in [0.1, 0.15) is 18.9 Å². The minimum atomic E-state index is -0.548. The van der Waals surface area contributed by atoms with Crippen molar-refractivity contribution < 1.29 is 9.59 Å². The molecule has 0 saturated carbocycles. The number of hydrogen-bond donors (Lipinski definition) is 1. The summed E-state index contributed by atoms with van der Waals surface area (Å²) in [4.78, 5) is 26.0. The molecule has 0 aromatic heterocycles. The number of imide groups is 1. The average Bonchev–Trinajstić information content (AvgIpc) is 2.81. The monoisotopic (exact) mass is 328 g/mol. The first-order valence-corrected chi connectivity index (χ1v) is 7.94. The van der Waals surface area contributed by atoms with E-state index in [0.29, 0.717) is 10.7 Å². The van der Waals surface area contributed by atoms with E-state index in [1.807, 2.05) is 24.3 Å². The van der Waals surface area contributed by atoms with E-state index in [1.165, 1.54) is 10.5 Å². The highest BCUT2D eigenvalue weighted by molar-refractivity contribution is 6.31. The zero-order chi connectivity index (χ0) is 16.4. The number of carbonyl (C=O) groups excluding carboxylic acids is 2. The number of anilines is 2. The summed E-state index contributed by atoms with van der Waals surface area (Å²) in [7, 11) is 0. The molecular weight excluding hydrogens is 312 g/mol. The molecule has 2 aromatic carbocycles. The van der Waals surface area contributed by atoms with Crippen molar-refractivity contribution in [2.75, 3.05) is 10.2 Å². The van der Waals surface area contributed by atoms with Gasteiger partial charge in [0.1, 0.15) is 6.04 Å². The van der Waals surface area contributed by atoms with Crippen molar-refractivity contribution in [1.82, 2.24) is 0 Å². The quantitative estimate of drug-likeness (QED) is 0.872. The normalized spacial score (nSPS) is 17.7. The summed E-state index contributed by atoms with van der Waals surface area (Å²) >= 11 is 5.95. The molecule has 4 nitrogen and oxygen atoms in total. The summed E-state index contributed by atoms with van der Waals surface area (Å²) in [5.41, 5.74) is 2.54. The largest absolute Gasteiger partial charge is 0.373 e. The van der Waals surface area contributed by atoms with Crippen molar-refractivity contribution in [3.8, 4) is 0 Å². The summed E-state index contributed by atoms with van der Waals surface area (Å²) < 4.78 is 0. The van der Waals surface area contributed by atoms with Gasteiger partial charge in [-0.2, -0.15) is 0 Å². The number of aryl methyl sites for hydroxylation is 1. The van der Waals surface area contributed by atoms with Gasteiger partial charge in [0.25, 0.3) is 5.91 Å². The van der Waals surface area contributed by atoms with E-state index in [4.69, 9.17) is 11.6 Å². The lowest BCUT2D eigenvalue weighted by atomic mass is 10.1. The van der Waals surface area contributed by atoms with Gasteiger partial charge in [0.05, 0.1) is 12.1 Å². The third-order valence-electron chi connectivity index (χ3n) is 3.89. The Balaban J connectivity index is 1.81. The molecule has 3 rings (SSSR count). The summed E-state index contributed by atoms with van der Waals surface area (Å²) in [6.07, 6.45) is 1.06. The number of hydrogen-bond acceptors (Lipinski definition) is 3. The van der Waals surface area contributed by atoms with E-state index in [-0.39, 0.29) is 18.2 Å². The predicted octanol–water partition coefficient (Wildman–Crippen LogP) is 3.65. The van der Waals surface area contributed by atoms with Crippen LogP contribution in [0.5, 0.6) is 0 Å². The van der Waals surface area contributed by atoms with Crippen LogP contribution in [0.4, 0.5) is 11.4 Å². The summed E-state index contributed by atoms with van der Waals surface area (Å²) in [5, 5.41) is 3.66. The lowest BCUT2D eigenvalue weighted by Crippen LogP contribution is -2.34. The fraction of sp³-hybridized carbons (Fsp3) is 0.222. The predicted molar refractivity (Wildman–Crippen MR) is 91.8 cm³/mol. The number of halogens is 1. The first-order chi connectivity index (χ1) is 11.1. The topological polar surface area (TPSA) is 49.4 Å². The molecule has 23 heavy (non-hydrogen) atoms. The summed E-state index contributed by atoms with van der Waals surface area (Å²) in [6.45, 7) is 2.07. The first-order valence-electron chi connectivity index (χ1n) is 7.56. The zero-order valence-electron chi connectivity index (χ0n) is 12.8. The highest BCUT2D eigenvalue weighted by Crippen LogP contribution is 2.27. The molecule has 1 atom stereocenters. The first kappa shape index (κ1) is 15.6. The van der Waals surface area contributed by atoms with Gasteiger partial charge in [0.2, 0.25) is 5.91 Å². The van der Waals surface area contributed by atoms with Crippen molar-refractivity contribution in [3.63, 3.8) is 0 Å². The third-order valence-corrected chi connectivity index (χ3v) is 4.12. The van der Waals surface area contributed by atoms with Crippen LogP contribution in [0, 0.1) is 0 Å². The molecule has 0 spiro atoms. The van der Waals surface area contributed by atoms with Crippen LogP contribution in [-0.2, 0) is 16.0 Å². The average molecular weight is 329 g/mol. The Kier molecular flexibility index (Phi) is 4.35. The van der Waals surface area contributed by atoms with Crippen LogP contribution in [0.3, 0.4) is 0 Å². The van der Waals surface area contributed by atoms with E-state index in [0.717, 1.165) is 12.1 Å². The van der Waals surface area contributed by atoms with E-state index in [9.17, 15) is 9.59 Å². The zero-order valence-corrected chi connectivity index (χ0v) is 13.5. The number of nitrogens with one attached hydrogen (secondary N) is 1. The van der Waals surface area contributed by atoms with Crippen molar-refractivity contribution in [2.45, 2.75) is 25.8 Å². The fourth-order valence-electron chi connectivity index (χ4n) is 2.71. The van der Waals surface area contributed by atoms with Crippen LogP contribution >= 0.6 is 11.6 Å².